The first-order chi connectivity index (χ1) is 7.68. The molecule has 16 heavy (non-hydrogen) atoms. The largest absolute Gasteiger partial charge is 0.321 e. The zero-order valence-corrected chi connectivity index (χ0v) is 9.52. The zero-order valence-electron chi connectivity index (χ0n) is 8.76. The third-order valence-corrected chi connectivity index (χ3v) is 2.46. The molecule has 82 valence electrons. The Hall–Kier alpha value is -1.52. The van der Waals surface area contributed by atoms with Gasteiger partial charge in [-0.3, -0.25) is 0 Å². The third kappa shape index (κ3) is 2.18. The minimum Gasteiger partial charge on any atom is -0.321 e. The molecule has 1 atom stereocenters. The van der Waals surface area contributed by atoms with Crippen LogP contribution in [0.25, 0.3) is 11.3 Å². The average molecular weight is 235 g/mol. The Kier molecular flexibility index (Phi) is 3.12. The lowest BCUT2D eigenvalue weighted by atomic mass is 10.1. The number of halogens is 1. The van der Waals surface area contributed by atoms with Gasteiger partial charge in [-0.2, -0.15) is 5.10 Å². The Morgan fingerprint density at radius 3 is 2.75 bits per heavy atom. The van der Waals surface area contributed by atoms with Crippen LogP contribution in [0.2, 0.25) is 5.02 Å². The summed E-state index contributed by atoms with van der Waals surface area (Å²) in [4.78, 5) is 4.32. The van der Waals surface area contributed by atoms with Crippen LogP contribution in [0, 0.1) is 0 Å². The van der Waals surface area contributed by atoms with Crippen LogP contribution in [0.4, 0.5) is 0 Å². The van der Waals surface area contributed by atoms with Crippen molar-refractivity contribution in [3.8, 4) is 11.3 Å². The smallest absolute Gasteiger partial charge is 0.168 e. The van der Waals surface area contributed by atoms with E-state index in [-0.39, 0.29) is 6.04 Å². The molecule has 0 radical (unpaired) electrons. The molecule has 1 aromatic heterocycles. The first-order valence-electron chi connectivity index (χ1n) is 4.88. The van der Waals surface area contributed by atoms with Crippen LogP contribution in [-0.4, -0.2) is 15.2 Å². The molecule has 0 bridgehead atoms. The molecule has 4 nitrogen and oxygen atoms in total. The van der Waals surface area contributed by atoms with Gasteiger partial charge in [-0.25, -0.2) is 4.98 Å². The van der Waals surface area contributed by atoms with Gasteiger partial charge in [-0.1, -0.05) is 29.8 Å². The fourth-order valence-electron chi connectivity index (χ4n) is 1.31. The van der Waals surface area contributed by atoms with Crippen LogP contribution in [0.15, 0.2) is 30.5 Å². The maximum absolute atomic E-state index is 6.07. The van der Waals surface area contributed by atoms with Gasteiger partial charge >= 0.3 is 0 Å². The number of aromatic nitrogens is 3. The molecule has 1 unspecified atom stereocenters. The first-order valence-corrected chi connectivity index (χ1v) is 5.26. The summed E-state index contributed by atoms with van der Waals surface area (Å²) >= 11 is 6.07. The van der Waals surface area contributed by atoms with E-state index in [0.717, 1.165) is 5.56 Å². The van der Waals surface area contributed by atoms with Gasteiger partial charge in [0.1, 0.15) is 0 Å². The molecular weight excluding hydrogens is 224 g/mol. The van der Waals surface area contributed by atoms with E-state index in [9.17, 15) is 0 Å². The van der Waals surface area contributed by atoms with Crippen LogP contribution in [0.3, 0.4) is 0 Å². The quantitative estimate of drug-likeness (QED) is 0.865. The molecule has 2 rings (SSSR count). The van der Waals surface area contributed by atoms with Crippen molar-refractivity contribution in [3.63, 3.8) is 0 Å². The second-order valence-corrected chi connectivity index (χ2v) is 3.88. The topological polar surface area (TPSA) is 64.7 Å². The van der Waals surface area contributed by atoms with Crippen molar-refractivity contribution in [2.75, 3.05) is 0 Å². The van der Waals surface area contributed by atoms with E-state index in [1.54, 1.807) is 6.20 Å². The summed E-state index contributed by atoms with van der Waals surface area (Å²) in [5, 5.41) is 8.37. The normalized spacial score (nSPS) is 12.4. The fourth-order valence-corrected chi connectivity index (χ4v) is 1.54. The number of hydrogen-bond donors (Lipinski definition) is 1. The molecule has 0 saturated carbocycles. The lowest BCUT2D eigenvalue weighted by molar-refractivity contribution is 0.710. The minimum absolute atomic E-state index is 0.241. The molecule has 0 aliphatic rings. The monoisotopic (exact) mass is 234 g/mol. The molecule has 1 heterocycles. The van der Waals surface area contributed by atoms with Crippen LogP contribution in [0.5, 0.6) is 0 Å². The van der Waals surface area contributed by atoms with E-state index in [0.29, 0.717) is 16.5 Å². The maximum Gasteiger partial charge on any atom is 0.168 e. The Morgan fingerprint density at radius 1 is 1.31 bits per heavy atom. The summed E-state index contributed by atoms with van der Waals surface area (Å²) in [5.74, 6) is 0.511. The van der Waals surface area contributed by atoms with Crippen molar-refractivity contribution < 1.29 is 0 Å². The van der Waals surface area contributed by atoms with Crippen molar-refractivity contribution in [2.45, 2.75) is 13.0 Å². The second kappa shape index (κ2) is 4.55. The van der Waals surface area contributed by atoms with Crippen molar-refractivity contribution in [3.05, 3.63) is 41.3 Å². The highest BCUT2D eigenvalue weighted by Crippen LogP contribution is 2.25. The summed E-state index contributed by atoms with van der Waals surface area (Å²) in [5.41, 5.74) is 7.22. The zero-order chi connectivity index (χ0) is 11.5. The molecule has 2 aromatic rings. The van der Waals surface area contributed by atoms with Crippen LogP contribution >= 0.6 is 11.6 Å². The molecule has 0 spiro atoms. The highest BCUT2D eigenvalue weighted by Gasteiger charge is 2.08. The van der Waals surface area contributed by atoms with E-state index in [4.69, 9.17) is 17.3 Å². The minimum atomic E-state index is -0.241. The molecule has 0 amide bonds. The SMILES string of the molecule is CC(N)c1nncc(-c2ccccc2Cl)n1. The molecule has 0 fully saturated rings. The van der Waals surface area contributed by atoms with Crippen molar-refractivity contribution >= 4 is 11.6 Å². The second-order valence-electron chi connectivity index (χ2n) is 3.47. The highest BCUT2D eigenvalue weighted by atomic mass is 35.5. The van der Waals surface area contributed by atoms with Crippen molar-refractivity contribution in [1.82, 2.24) is 15.2 Å². The maximum atomic E-state index is 6.07. The highest BCUT2D eigenvalue weighted by molar-refractivity contribution is 6.33. The van der Waals surface area contributed by atoms with E-state index in [1.165, 1.54) is 0 Å². The predicted molar refractivity (Wildman–Crippen MR) is 62.9 cm³/mol. The van der Waals surface area contributed by atoms with E-state index < -0.39 is 0 Å². The third-order valence-electron chi connectivity index (χ3n) is 2.13. The van der Waals surface area contributed by atoms with Gasteiger partial charge in [-0.15, -0.1) is 5.10 Å². The fraction of sp³-hybridized carbons (Fsp3) is 0.182. The Morgan fingerprint density at radius 2 is 2.06 bits per heavy atom. The number of nitrogens with two attached hydrogens (primary N) is 1. The predicted octanol–water partition coefficient (Wildman–Crippen LogP) is 2.21. The molecule has 5 heteroatoms. The van der Waals surface area contributed by atoms with Gasteiger partial charge in [0.2, 0.25) is 0 Å². The summed E-state index contributed by atoms with van der Waals surface area (Å²) in [7, 11) is 0. The van der Waals surface area contributed by atoms with E-state index >= 15 is 0 Å². The first kappa shape index (κ1) is 11.0. The van der Waals surface area contributed by atoms with Gasteiger partial charge in [0.05, 0.1) is 23.0 Å². The van der Waals surface area contributed by atoms with Crippen LogP contribution < -0.4 is 5.73 Å². The number of rotatable bonds is 2. The average Bonchev–Trinajstić information content (AvgIpc) is 2.30. The lowest BCUT2D eigenvalue weighted by Crippen LogP contribution is -2.11. The molecule has 0 aliphatic carbocycles. The molecule has 2 N–H and O–H groups in total. The van der Waals surface area contributed by atoms with Crippen molar-refractivity contribution in [2.24, 2.45) is 5.73 Å². The van der Waals surface area contributed by atoms with Crippen molar-refractivity contribution in [1.29, 1.82) is 0 Å². The summed E-state index contributed by atoms with van der Waals surface area (Å²) in [6, 6.07) is 7.22. The molecular formula is C11H11ClN4. The Labute approximate surface area is 98.5 Å². The summed E-state index contributed by atoms with van der Waals surface area (Å²) < 4.78 is 0. The van der Waals surface area contributed by atoms with Crippen LogP contribution in [0.1, 0.15) is 18.8 Å². The Balaban J connectivity index is 2.49. The molecule has 0 aliphatic heterocycles. The summed E-state index contributed by atoms with van der Waals surface area (Å²) in [6.45, 7) is 1.81. The number of hydrogen-bond acceptors (Lipinski definition) is 4. The standard InChI is InChI=1S/C11H11ClN4/c1-7(13)11-15-10(6-14-16-11)8-4-2-3-5-9(8)12/h2-7H,13H2,1H3. The lowest BCUT2D eigenvalue weighted by Gasteiger charge is -2.06. The van der Waals surface area contributed by atoms with Gasteiger partial charge < -0.3 is 5.73 Å². The van der Waals surface area contributed by atoms with Crippen LogP contribution in [-0.2, 0) is 0 Å². The molecule has 1 aromatic carbocycles. The van der Waals surface area contributed by atoms with Gasteiger partial charge in [0, 0.05) is 5.56 Å². The number of nitrogens with zero attached hydrogens (tertiary/aromatic N) is 3. The van der Waals surface area contributed by atoms with Gasteiger partial charge in [-0.05, 0) is 13.0 Å². The molecule has 0 saturated heterocycles. The van der Waals surface area contributed by atoms with E-state index in [2.05, 4.69) is 15.2 Å². The van der Waals surface area contributed by atoms with E-state index in [1.807, 2.05) is 31.2 Å². The van der Waals surface area contributed by atoms with Gasteiger partial charge in [0.15, 0.2) is 5.82 Å². The summed E-state index contributed by atoms with van der Waals surface area (Å²) in [6.07, 6.45) is 1.58. The Bertz CT molecular complexity index is 499. The number of benzene rings is 1. The van der Waals surface area contributed by atoms with Gasteiger partial charge in [0.25, 0.3) is 0 Å².